The molecule has 1 saturated carbocycles. The van der Waals surface area contributed by atoms with Crippen molar-refractivity contribution in [2.24, 2.45) is 5.73 Å². The molecule has 1 atom stereocenters. The summed E-state index contributed by atoms with van der Waals surface area (Å²) < 4.78 is 5.45. The fourth-order valence-electron chi connectivity index (χ4n) is 3.37. The number of hydrogen-bond acceptors (Lipinski definition) is 5. The summed E-state index contributed by atoms with van der Waals surface area (Å²) in [4.78, 5) is 19.1. The molecule has 1 aromatic carbocycles. The van der Waals surface area contributed by atoms with Gasteiger partial charge in [0.2, 0.25) is 5.89 Å². The van der Waals surface area contributed by atoms with Gasteiger partial charge in [0.15, 0.2) is 5.82 Å². The maximum absolute atomic E-state index is 12.7. The van der Waals surface area contributed by atoms with Gasteiger partial charge in [0.1, 0.15) is 6.04 Å². The molecule has 2 aromatic rings. The van der Waals surface area contributed by atoms with Gasteiger partial charge in [0.25, 0.3) is 5.91 Å². The molecule has 0 spiro atoms. The second kappa shape index (κ2) is 5.45. The minimum atomic E-state index is -0.436. The van der Waals surface area contributed by atoms with Crippen LogP contribution in [0.3, 0.4) is 0 Å². The molecule has 6 nitrogen and oxygen atoms in total. The predicted octanol–water partition coefficient (Wildman–Crippen LogP) is 2.38. The van der Waals surface area contributed by atoms with Gasteiger partial charge in [-0.15, -0.1) is 0 Å². The van der Waals surface area contributed by atoms with Crippen LogP contribution in [0.5, 0.6) is 0 Å². The molecule has 1 aliphatic heterocycles. The Balaban J connectivity index is 1.57. The maximum Gasteiger partial charge on any atom is 0.254 e. The first-order valence-electron chi connectivity index (χ1n) is 8.16. The van der Waals surface area contributed by atoms with Gasteiger partial charge >= 0.3 is 0 Å². The zero-order chi connectivity index (χ0) is 15.9. The van der Waals surface area contributed by atoms with E-state index in [4.69, 9.17) is 10.3 Å². The zero-order valence-electron chi connectivity index (χ0n) is 12.9. The number of carbonyl (C=O) groups is 1. The number of likely N-dealkylation sites (tertiary alicyclic amines) is 1. The number of carbonyl (C=O) groups excluding carboxylic acids is 1. The standard InChI is InChI=1S/C17H20N4O2/c18-17(9-5-10-17)16-19-14(23-20-16)13-8-4-11-21(13)15(22)12-6-2-1-3-7-12/h1-3,6-7,13H,4-5,8-11,18H2. The number of amides is 1. The van der Waals surface area contributed by atoms with Crippen LogP contribution >= 0.6 is 0 Å². The molecule has 120 valence electrons. The van der Waals surface area contributed by atoms with Crippen LogP contribution in [0.2, 0.25) is 0 Å². The van der Waals surface area contributed by atoms with Crippen molar-refractivity contribution in [2.45, 2.75) is 43.7 Å². The van der Waals surface area contributed by atoms with Gasteiger partial charge < -0.3 is 15.2 Å². The summed E-state index contributed by atoms with van der Waals surface area (Å²) in [6.07, 6.45) is 4.67. The number of benzene rings is 1. The summed E-state index contributed by atoms with van der Waals surface area (Å²) in [7, 11) is 0. The van der Waals surface area contributed by atoms with E-state index in [-0.39, 0.29) is 11.9 Å². The van der Waals surface area contributed by atoms with E-state index < -0.39 is 5.54 Å². The predicted molar refractivity (Wildman–Crippen MR) is 83.5 cm³/mol. The minimum absolute atomic E-state index is 0.0129. The van der Waals surface area contributed by atoms with Crippen molar-refractivity contribution in [3.8, 4) is 0 Å². The van der Waals surface area contributed by atoms with Gasteiger partial charge in [-0.05, 0) is 44.2 Å². The molecule has 2 fully saturated rings. The molecular weight excluding hydrogens is 292 g/mol. The molecule has 4 rings (SSSR count). The van der Waals surface area contributed by atoms with Gasteiger partial charge in [-0.1, -0.05) is 23.4 Å². The normalized spacial score (nSPS) is 22.8. The third-order valence-corrected chi connectivity index (χ3v) is 4.95. The first kappa shape index (κ1) is 14.4. The molecule has 1 saturated heterocycles. The van der Waals surface area contributed by atoms with Crippen LogP contribution in [0.25, 0.3) is 0 Å². The summed E-state index contributed by atoms with van der Waals surface area (Å²) in [5.74, 6) is 1.11. The molecule has 1 aliphatic carbocycles. The first-order valence-corrected chi connectivity index (χ1v) is 8.16. The van der Waals surface area contributed by atoms with E-state index in [0.29, 0.717) is 23.8 Å². The fourth-order valence-corrected chi connectivity index (χ4v) is 3.37. The Hall–Kier alpha value is -2.21. The Labute approximate surface area is 134 Å². The van der Waals surface area contributed by atoms with Crippen LogP contribution in [-0.4, -0.2) is 27.5 Å². The van der Waals surface area contributed by atoms with Crippen molar-refractivity contribution >= 4 is 5.91 Å². The zero-order valence-corrected chi connectivity index (χ0v) is 12.9. The number of rotatable bonds is 3. The quantitative estimate of drug-likeness (QED) is 0.940. The summed E-state index contributed by atoms with van der Waals surface area (Å²) in [6, 6.07) is 9.17. The Kier molecular flexibility index (Phi) is 3.41. The molecule has 2 N–H and O–H groups in total. The lowest BCUT2D eigenvalue weighted by molar-refractivity contribution is 0.0710. The van der Waals surface area contributed by atoms with E-state index in [9.17, 15) is 4.79 Å². The van der Waals surface area contributed by atoms with E-state index in [1.165, 1.54) is 0 Å². The highest BCUT2D eigenvalue weighted by atomic mass is 16.5. The Morgan fingerprint density at radius 3 is 2.74 bits per heavy atom. The van der Waals surface area contributed by atoms with Crippen molar-refractivity contribution in [2.75, 3.05) is 6.54 Å². The highest BCUT2D eigenvalue weighted by Crippen LogP contribution is 2.39. The highest BCUT2D eigenvalue weighted by Gasteiger charge is 2.41. The van der Waals surface area contributed by atoms with Gasteiger partial charge in [0.05, 0.1) is 5.54 Å². The smallest absolute Gasteiger partial charge is 0.254 e. The number of hydrogen-bond donors (Lipinski definition) is 1. The van der Waals surface area contributed by atoms with Gasteiger partial charge in [0, 0.05) is 12.1 Å². The van der Waals surface area contributed by atoms with Gasteiger partial charge in [-0.25, -0.2) is 0 Å². The molecule has 6 heteroatoms. The maximum atomic E-state index is 12.7. The minimum Gasteiger partial charge on any atom is -0.337 e. The molecule has 1 amide bonds. The second-order valence-corrected chi connectivity index (χ2v) is 6.49. The fraction of sp³-hybridized carbons (Fsp3) is 0.471. The van der Waals surface area contributed by atoms with Crippen LogP contribution in [0.1, 0.15) is 60.2 Å². The van der Waals surface area contributed by atoms with Crippen LogP contribution in [-0.2, 0) is 5.54 Å². The van der Waals surface area contributed by atoms with Crippen molar-refractivity contribution < 1.29 is 9.32 Å². The summed E-state index contributed by atoms with van der Waals surface area (Å²) >= 11 is 0. The lowest BCUT2D eigenvalue weighted by Crippen LogP contribution is -2.44. The third kappa shape index (κ3) is 2.43. The van der Waals surface area contributed by atoms with Gasteiger partial charge in [-0.3, -0.25) is 4.79 Å². The lowest BCUT2D eigenvalue weighted by atomic mass is 9.77. The Bertz CT molecular complexity index is 708. The molecule has 0 radical (unpaired) electrons. The molecule has 23 heavy (non-hydrogen) atoms. The highest BCUT2D eigenvalue weighted by molar-refractivity contribution is 5.94. The molecular formula is C17H20N4O2. The van der Waals surface area contributed by atoms with E-state index in [1.807, 2.05) is 35.2 Å². The molecule has 1 unspecified atom stereocenters. The van der Waals surface area contributed by atoms with Crippen LogP contribution in [0.15, 0.2) is 34.9 Å². The summed E-state index contributed by atoms with van der Waals surface area (Å²) in [5, 5.41) is 4.07. The summed E-state index contributed by atoms with van der Waals surface area (Å²) in [6.45, 7) is 0.712. The van der Waals surface area contributed by atoms with Gasteiger partial charge in [-0.2, -0.15) is 4.98 Å². The van der Waals surface area contributed by atoms with E-state index in [1.54, 1.807) is 0 Å². The number of nitrogens with zero attached hydrogens (tertiary/aromatic N) is 3. The van der Waals surface area contributed by atoms with E-state index >= 15 is 0 Å². The Morgan fingerprint density at radius 1 is 1.26 bits per heavy atom. The largest absolute Gasteiger partial charge is 0.337 e. The second-order valence-electron chi connectivity index (χ2n) is 6.49. The van der Waals surface area contributed by atoms with Crippen LogP contribution < -0.4 is 5.73 Å². The third-order valence-electron chi connectivity index (χ3n) is 4.95. The van der Waals surface area contributed by atoms with E-state index in [0.717, 1.165) is 32.1 Å². The summed E-state index contributed by atoms with van der Waals surface area (Å²) in [5.41, 5.74) is 6.51. The monoisotopic (exact) mass is 312 g/mol. The topological polar surface area (TPSA) is 85.2 Å². The average Bonchev–Trinajstić information content (AvgIpc) is 3.21. The SMILES string of the molecule is NC1(c2noc(C3CCCN3C(=O)c3ccccc3)n2)CCC1. The van der Waals surface area contributed by atoms with Crippen LogP contribution in [0.4, 0.5) is 0 Å². The molecule has 0 bridgehead atoms. The molecule has 1 aromatic heterocycles. The van der Waals surface area contributed by atoms with Crippen molar-refractivity contribution in [1.29, 1.82) is 0 Å². The van der Waals surface area contributed by atoms with E-state index in [2.05, 4.69) is 10.1 Å². The van der Waals surface area contributed by atoms with Crippen LogP contribution in [0, 0.1) is 0 Å². The number of aromatic nitrogens is 2. The lowest BCUT2D eigenvalue weighted by Gasteiger charge is -2.34. The first-order chi connectivity index (χ1) is 11.2. The molecule has 2 heterocycles. The van der Waals surface area contributed by atoms with Crippen molar-refractivity contribution in [3.63, 3.8) is 0 Å². The average molecular weight is 312 g/mol. The van der Waals surface area contributed by atoms with Crippen molar-refractivity contribution in [3.05, 3.63) is 47.6 Å². The Morgan fingerprint density at radius 2 is 2.04 bits per heavy atom. The number of nitrogens with two attached hydrogens (primary N) is 1. The molecule has 2 aliphatic rings. The van der Waals surface area contributed by atoms with Crippen molar-refractivity contribution in [1.82, 2.24) is 15.0 Å².